The number of aliphatic hydroxyl groups is 2. The zero-order valence-corrected chi connectivity index (χ0v) is 6.10. The maximum absolute atomic E-state index is 10.0. The fourth-order valence-electron chi connectivity index (χ4n) is 0.695. The molecule has 0 saturated carbocycles. The van der Waals surface area contributed by atoms with Gasteiger partial charge in [0.25, 0.3) is 0 Å². The van der Waals surface area contributed by atoms with Gasteiger partial charge in [-0.25, -0.2) is 0 Å². The number of carbonyl (C=O) groups is 1. The lowest BCUT2D eigenvalue weighted by Crippen LogP contribution is -2.26. The van der Waals surface area contributed by atoms with Crippen molar-refractivity contribution in [1.82, 2.24) is 0 Å². The molecule has 0 aliphatic carbocycles. The first-order chi connectivity index (χ1) is 5.06. The fraction of sp³-hybridized carbons (Fsp3) is 0.833. The smallest absolute Gasteiger partial charge is 0.305 e. The summed E-state index contributed by atoms with van der Waals surface area (Å²) >= 11 is 0. The summed E-state index contributed by atoms with van der Waals surface area (Å²) in [6, 6.07) is 0. The Bertz CT molecular complexity index is 128. The van der Waals surface area contributed by atoms with E-state index in [2.05, 4.69) is 0 Å². The number of carboxylic acid groups (broad SMARTS) is 1. The molecule has 2 unspecified atom stereocenters. The van der Waals surface area contributed by atoms with Crippen molar-refractivity contribution < 1.29 is 20.1 Å². The first-order valence-electron chi connectivity index (χ1n) is 3.34. The molecule has 0 heterocycles. The molecule has 0 aliphatic rings. The van der Waals surface area contributed by atoms with E-state index in [-0.39, 0.29) is 19.4 Å². The summed E-state index contributed by atoms with van der Waals surface area (Å²) in [5.41, 5.74) is 5.04. The Kier molecular flexibility index (Phi) is 4.76. The molecule has 0 aromatic carbocycles. The average Bonchev–Trinajstić information content (AvgIpc) is 1.85. The summed E-state index contributed by atoms with van der Waals surface area (Å²) in [6.45, 7) is 0.0384. The molecule has 0 spiro atoms. The van der Waals surface area contributed by atoms with Crippen molar-refractivity contribution in [2.24, 2.45) is 5.73 Å². The average molecular weight is 163 g/mol. The van der Waals surface area contributed by atoms with Gasteiger partial charge in [-0.3, -0.25) is 4.79 Å². The molecule has 0 amide bonds. The quantitative estimate of drug-likeness (QED) is 0.396. The van der Waals surface area contributed by atoms with E-state index in [4.69, 9.17) is 21.1 Å². The molecule has 66 valence electrons. The second-order valence-electron chi connectivity index (χ2n) is 2.38. The molecule has 5 heteroatoms. The van der Waals surface area contributed by atoms with Crippen LogP contribution in [0.25, 0.3) is 0 Å². The third kappa shape index (κ3) is 5.78. The van der Waals surface area contributed by atoms with Crippen molar-refractivity contribution >= 4 is 5.97 Å². The minimum Gasteiger partial charge on any atom is -0.481 e. The predicted molar refractivity (Wildman–Crippen MR) is 37.9 cm³/mol. The maximum Gasteiger partial charge on any atom is 0.305 e. The van der Waals surface area contributed by atoms with Crippen LogP contribution < -0.4 is 5.73 Å². The zero-order valence-electron chi connectivity index (χ0n) is 6.10. The first kappa shape index (κ1) is 10.3. The molecular formula is C6H13NO4. The van der Waals surface area contributed by atoms with Crippen molar-refractivity contribution in [3.63, 3.8) is 0 Å². The van der Waals surface area contributed by atoms with E-state index in [1.807, 2.05) is 0 Å². The minimum absolute atomic E-state index is 0.0167. The van der Waals surface area contributed by atoms with Gasteiger partial charge in [0, 0.05) is 13.0 Å². The number of nitrogens with two attached hydrogens (primary N) is 1. The van der Waals surface area contributed by atoms with Crippen molar-refractivity contribution in [2.45, 2.75) is 25.0 Å². The van der Waals surface area contributed by atoms with Crippen LogP contribution in [0.5, 0.6) is 0 Å². The van der Waals surface area contributed by atoms with Gasteiger partial charge in [-0.2, -0.15) is 0 Å². The first-order valence-corrected chi connectivity index (χ1v) is 3.34. The molecule has 0 aromatic rings. The summed E-state index contributed by atoms with van der Waals surface area (Å²) in [5.74, 6) is -1.08. The molecule has 5 N–H and O–H groups in total. The van der Waals surface area contributed by atoms with E-state index >= 15 is 0 Å². The highest BCUT2D eigenvalue weighted by molar-refractivity contribution is 5.67. The Hall–Kier alpha value is -0.650. The molecule has 2 atom stereocenters. The number of carboxylic acids is 1. The highest BCUT2D eigenvalue weighted by Crippen LogP contribution is 2.00. The van der Waals surface area contributed by atoms with Crippen molar-refractivity contribution in [1.29, 1.82) is 0 Å². The number of aliphatic carboxylic acids is 1. The van der Waals surface area contributed by atoms with Crippen molar-refractivity contribution in [3.05, 3.63) is 0 Å². The van der Waals surface area contributed by atoms with E-state index in [0.29, 0.717) is 0 Å². The van der Waals surface area contributed by atoms with E-state index in [1.165, 1.54) is 0 Å². The number of hydrogen-bond donors (Lipinski definition) is 4. The van der Waals surface area contributed by atoms with Crippen LogP contribution in [0, 0.1) is 0 Å². The number of aliphatic hydroxyl groups excluding tert-OH is 2. The lowest BCUT2D eigenvalue weighted by molar-refractivity contribution is -0.139. The van der Waals surface area contributed by atoms with Gasteiger partial charge in [-0.05, 0) is 0 Å². The predicted octanol–water partition coefficient (Wildman–Crippen LogP) is -1.47. The fourth-order valence-corrected chi connectivity index (χ4v) is 0.695. The second kappa shape index (κ2) is 5.06. The molecule has 0 radical (unpaired) electrons. The second-order valence-corrected chi connectivity index (χ2v) is 2.38. The minimum atomic E-state index is -1.08. The van der Waals surface area contributed by atoms with Gasteiger partial charge in [-0.1, -0.05) is 0 Å². The summed E-state index contributed by atoms with van der Waals surface area (Å²) in [6.07, 6.45) is -2.16. The SMILES string of the molecule is NCC(O)CC(O)CC(=O)O. The molecule has 0 fully saturated rings. The van der Waals surface area contributed by atoms with Gasteiger partial charge in [0.1, 0.15) is 0 Å². The normalized spacial score (nSPS) is 15.9. The van der Waals surface area contributed by atoms with Gasteiger partial charge in [0.15, 0.2) is 0 Å². The molecule has 11 heavy (non-hydrogen) atoms. The molecule has 0 rings (SSSR count). The largest absolute Gasteiger partial charge is 0.481 e. The molecule has 0 aliphatic heterocycles. The Balaban J connectivity index is 3.51. The van der Waals surface area contributed by atoms with Gasteiger partial charge in [0.05, 0.1) is 18.6 Å². The van der Waals surface area contributed by atoms with Crippen LogP contribution in [-0.2, 0) is 4.79 Å². The molecule has 0 saturated heterocycles. The zero-order chi connectivity index (χ0) is 8.85. The molecule has 0 aromatic heterocycles. The Morgan fingerprint density at radius 3 is 2.27 bits per heavy atom. The number of hydrogen-bond acceptors (Lipinski definition) is 4. The van der Waals surface area contributed by atoms with E-state index in [1.54, 1.807) is 0 Å². The van der Waals surface area contributed by atoms with Crippen molar-refractivity contribution in [2.75, 3.05) is 6.54 Å². The van der Waals surface area contributed by atoms with E-state index in [0.717, 1.165) is 0 Å². The summed E-state index contributed by atoms with van der Waals surface area (Å²) in [5, 5.41) is 26.0. The molecule has 5 nitrogen and oxygen atoms in total. The highest BCUT2D eigenvalue weighted by Gasteiger charge is 2.13. The van der Waals surface area contributed by atoms with Crippen LogP contribution in [0.3, 0.4) is 0 Å². The van der Waals surface area contributed by atoms with Crippen LogP contribution in [0.15, 0.2) is 0 Å². The van der Waals surface area contributed by atoms with Gasteiger partial charge < -0.3 is 21.1 Å². The van der Waals surface area contributed by atoms with Crippen LogP contribution in [0.1, 0.15) is 12.8 Å². The van der Waals surface area contributed by atoms with Crippen LogP contribution in [-0.4, -0.2) is 40.0 Å². The highest BCUT2D eigenvalue weighted by atomic mass is 16.4. The van der Waals surface area contributed by atoms with Crippen LogP contribution >= 0.6 is 0 Å². The summed E-state index contributed by atoms with van der Waals surface area (Å²) in [7, 11) is 0. The molecular weight excluding hydrogens is 150 g/mol. The maximum atomic E-state index is 10.0. The third-order valence-corrected chi connectivity index (χ3v) is 1.23. The van der Waals surface area contributed by atoms with Gasteiger partial charge in [-0.15, -0.1) is 0 Å². The Morgan fingerprint density at radius 2 is 1.91 bits per heavy atom. The summed E-state index contributed by atoms with van der Waals surface area (Å²) < 4.78 is 0. The third-order valence-electron chi connectivity index (χ3n) is 1.23. The Labute approximate surface area is 64.4 Å². The Morgan fingerprint density at radius 1 is 1.36 bits per heavy atom. The van der Waals surface area contributed by atoms with Crippen molar-refractivity contribution in [3.8, 4) is 0 Å². The summed E-state index contributed by atoms with van der Waals surface area (Å²) in [4.78, 5) is 10.0. The van der Waals surface area contributed by atoms with Gasteiger partial charge in [0.2, 0.25) is 0 Å². The van der Waals surface area contributed by atoms with Crippen LogP contribution in [0.2, 0.25) is 0 Å². The topological polar surface area (TPSA) is 104 Å². The van der Waals surface area contributed by atoms with Crippen LogP contribution in [0.4, 0.5) is 0 Å². The lowest BCUT2D eigenvalue weighted by Gasteiger charge is -2.11. The molecule has 0 bridgehead atoms. The van der Waals surface area contributed by atoms with Gasteiger partial charge >= 0.3 is 5.97 Å². The standard InChI is InChI=1S/C6H13NO4/c7-3-5(9)1-4(8)2-6(10)11/h4-5,8-9H,1-3,7H2,(H,10,11). The number of rotatable bonds is 5. The monoisotopic (exact) mass is 163 g/mol. The van der Waals surface area contributed by atoms with E-state index < -0.39 is 18.2 Å². The lowest BCUT2D eigenvalue weighted by atomic mass is 10.1. The van der Waals surface area contributed by atoms with E-state index in [9.17, 15) is 4.79 Å².